The molecule has 1 N–H and O–H groups in total. The highest BCUT2D eigenvalue weighted by Crippen LogP contribution is 2.30. The number of aldehydes is 1. The second-order valence-corrected chi connectivity index (χ2v) is 8.40. The number of anilines is 1. The Labute approximate surface area is 187 Å². The van der Waals surface area contributed by atoms with Crippen molar-refractivity contribution in [3.8, 4) is 11.3 Å². The van der Waals surface area contributed by atoms with Gasteiger partial charge in [-0.25, -0.2) is 0 Å². The number of hydrogen-bond acceptors (Lipinski definition) is 6. The van der Waals surface area contributed by atoms with E-state index in [0.29, 0.717) is 29.9 Å². The van der Waals surface area contributed by atoms with Crippen molar-refractivity contribution in [2.75, 3.05) is 25.5 Å². The van der Waals surface area contributed by atoms with E-state index in [0.717, 1.165) is 42.4 Å². The second-order valence-electron chi connectivity index (χ2n) is 8.40. The molecule has 2 aliphatic rings. The zero-order valence-corrected chi connectivity index (χ0v) is 18.4. The van der Waals surface area contributed by atoms with Gasteiger partial charge < -0.3 is 15.1 Å². The number of aryl methyl sites for hydroxylation is 1. The first-order valence-electron chi connectivity index (χ1n) is 10.8. The Balaban J connectivity index is 1.44. The number of rotatable bonds is 7. The van der Waals surface area contributed by atoms with Crippen LogP contribution in [-0.4, -0.2) is 64.0 Å². The minimum absolute atomic E-state index is 0.000468. The van der Waals surface area contributed by atoms with Crippen LogP contribution in [0, 0.1) is 6.92 Å². The maximum Gasteiger partial charge on any atom is 0.270 e. The Hall–Kier alpha value is -3.55. The van der Waals surface area contributed by atoms with E-state index in [-0.39, 0.29) is 24.4 Å². The molecule has 1 saturated carbocycles. The molecule has 8 heteroatoms. The summed E-state index contributed by atoms with van der Waals surface area (Å²) >= 11 is 0. The molecule has 3 heterocycles. The lowest BCUT2D eigenvalue weighted by molar-refractivity contribution is -0.129. The monoisotopic (exact) mass is 433 g/mol. The summed E-state index contributed by atoms with van der Waals surface area (Å²) in [6.07, 6.45) is 9.13. The smallest absolute Gasteiger partial charge is 0.270 e. The predicted octanol–water partition coefficient (Wildman–Crippen LogP) is 2.56. The lowest BCUT2D eigenvalue weighted by Gasteiger charge is -2.33. The summed E-state index contributed by atoms with van der Waals surface area (Å²) in [5.41, 5.74) is 4.12. The van der Waals surface area contributed by atoms with Gasteiger partial charge in [-0.15, -0.1) is 0 Å². The molecule has 0 aromatic carbocycles. The van der Waals surface area contributed by atoms with Gasteiger partial charge in [-0.1, -0.05) is 0 Å². The van der Waals surface area contributed by atoms with Crippen molar-refractivity contribution in [1.29, 1.82) is 0 Å². The number of nitrogens with one attached hydrogen (secondary N) is 1. The summed E-state index contributed by atoms with van der Waals surface area (Å²) < 4.78 is 0. The van der Waals surface area contributed by atoms with Crippen molar-refractivity contribution in [3.05, 3.63) is 53.6 Å². The number of hydrogen-bond donors (Lipinski definition) is 1. The van der Waals surface area contributed by atoms with Gasteiger partial charge in [0, 0.05) is 43.2 Å². The van der Waals surface area contributed by atoms with Crippen LogP contribution in [0.3, 0.4) is 0 Å². The summed E-state index contributed by atoms with van der Waals surface area (Å²) in [5.74, 6) is -0.442. The van der Waals surface area contributed by atoms with E-state index in [1.165, 1.54) is 0 Å². The van der Waals surface area contributed by atoms with Crippen molar-refractivity contribution in [3.63, 3.8) is 0 Å². The molecule has 166 valence electrons. The van der Waals surface area contributed by atoms with Gasteiger partial charge >= 0.3 is 0 Å². The zero-order valence-electron chi connectivity index (χ0n) is 18.4. The average molecular weight is 434 g/mol. The minimum Gasteiger partial charge on any atom is -0.357 e. The topological polar surface area (TPSA) is 95.5 Å². The quantitative estimate of drug-likeness (QED) is 0.675. The van der Waals surface area contributed by atoms with E-state index in [1.807, 2.05) is 19.1 Å². The number of amides is 2. The van der Waals surface area contributed by atoms with Crippen LogP contribution in [0.15, 0.2) is 48.1 Å². The van der Waals surface area contributed by atoms with E-state index in [4.69, 9.17) is 0 Å². The molecule has 0 spiro atoms. The fourth-order valence-electron chi connectivity index (χ4n) is 3.94. The van der Waals surface area contributed by atoms with Crippen LogP contribution in [-0.2, 0) is 14.4 Å². The van der Waals surface area contributed by atoms with Crippen LogP contribution in [0.2, 0.25) is 0 Å². The molecule has 2 aromatic heterocycles. The molecule has 0 unspecified atom stereocenters. The molecule has 0 radical (unpaired) electrons. The first-order chi connectivity index (χ1) is 15.5. The van der Waals surface area contributed by atoms with E-state index in [1.54, 1.807) is 41.5 Å². The summed E-state index contributed by atoms with van der Waals surface area (Å²) in [6, 6.07) is 5.85. The summed E-state index contributed by atoms with van der Waals surface area (Å²) in [4.78, 5) is 49.4. The predicted molar refractivity (Wildman–Crippen MR) is 121 cm³/mol. The molecule has 4 rings (SSSR count). The fourth-order valence-corrected chi connectivity index (χ4v) is 3.94. The van der Waals surface area contributed by atoms with Crippen molar-refractivity contribution in [1.82, 2.24) is 19.8 Å². The van der Waals surface area contributed by atoms with Crippen LogP contribution in [0.4, 0.5) is 5.69 Å². The molecule has 1 aliphatic heterocycles. The van der Waals surface area contributed by atoms with E-state index in [9.17, 15) is 14.4 Å². The second kappa shape index (κ2) is 9.30. The molecule has 0 bridgehead atoms. The van der Waals surface area contributed by atoms with E-state index in [2.05, 4.69) is 15.3 Å². The number of nitrogens with zero attached hydrogens (tertiary/aromatic N) is 4. The van der Waals surface area contributed by atoms with Crippen LogP contribution >= 0.6 is 0 Å². The number of carbonyl (C=O) groups is 3. The third kappa shape index (κ3) is 4.85. The Kier molecular flexibility index (Phi) is 6.30. The third-order valence-corrected chi connectivity index (χ3v) is 5.81. The number of carbonyl (C=O) groups excluding carboxylic acids is 3. The third-order valence-electron chi connectivity index (χ3n) is 5.81. The Morgan fingerprint density at radius 1 is 1.25 bits per heavy atom. The molecule has 2 amide bonds. The van der Waals surface area contributed by atoms with Crippen molar-refractivity contribution >= 4 is 23.8 Å². The molecule has 1 aliphatic carbocycles. The van der Waals surface area contributed by atoms with Gasteiger partial charge in [0.1, 0.15) is 12.0 Å². The summed E-state index contributed by atoms with van der Waals surface area (Å²) in [7, 11) is 1.76. The van der Waals surface area contributed by atoms with Gasteiger partial charge in [0.2, 0.25) is 5.91 Å². The SMILES string of the molecule is Cc1cncc(-c2ccc(NC(=O)CN3CCCC(C=O)=C3C(=O)N(C)C3CC3)cn2)c1. The number of likely N-dealkylation sites (N-methyl/N-ethyl adjacent to an activating group) is 1. The molecular formula is C24H27N5O3. The number of allylic oxidation sites excluding steroid dienone is 1. The van der Waals surface area contributed by atoms with Crippen LogP contribution in [0.25, 0.3) is 11.3 Å². The van der Waals surface area contributed by atoms with Crippen molar-refractivity contribution in [2.45, 2.75) is 38.6 Å². The van der Waals surface area contributed by atoms with Gasteiger partial charge in [0.05, 0.1) is 24.1 Å². The van der Waals surface area contributed by atoms with Crippen LogP contribution in [0.1, 0.15) is 31.2 Å². The molecule has 0 saturated heterocycles. The molecule has 2 aromatic rings. The molecular weight excluding hydrogens is 406 g/mol. The Morgan fingerprint density at radius 2 is 2.06 bits per heavy atom. The summed E-state index contributed by atoms with van der Waals surface area (Å²) in [6.45, 7) is 2.53. The fraction of sp³-hybridized carbons (Fsp3) is 0.375. The van der Waals surface area contributed by atoms with Crippen LogP contribution in [0.5, 0.6) is 0 Å². The first-order valence-corrected chi connectivity index (χ1v) is 10.8. The number of aromatic nitrogens is 2. The van der Waals surface area contributed by atoms with Crippen molar-refractivity contribution < 1.29 is 14.4 Å². The van der Waals surface area contributed by atoms with Crippen LogP contribution < -0.4 is 5.32 Å². The zero-order chi connectivity index (χ0) is 22.7. The maximum atomic E-state index is 13.0. The van der Waals surface area contributed by atoms with Crippen molar-refractivity contribution in [2.24, 2.45) is 0 Å². The van der Waals surface area contributed by atoms with Gasteiger partial charge in [0.25, 0.3) is 5.91 Å². The largest absolute Gasteiger partial charge is 0.357 e. The first kappa shape index (κ1) is 21.7. The van der Waals surface area contributed by atoms with Gasteiger partial charge in [0.15, 0.2) is 0 Å². The lowest BCUT2D eigenvalue weighted by atomic mass is 10.0. The Morgan fingerprint density at radius 3 is 2.72 bits per heavy atom. The standard InChI is InChI=1S/C24H27N5O3/c1-16-10-18(12-25-11-16)21-8-5-19(13-26-21)27-22(31)14-29-9-3-4-17(15-30)23(29)24(32)28(2)20-6-7-20/h5,8,10-13,15,20H,3-4,6-7,9,14H2,1-2H3,(H,27,31). The van der Waals surface area contributed by atoms with Gasteiger partial charge in [-0.2, -0.15) is 0 Å². The van der Waals surface area contributed by atoms with E-state index < -0.39 is 0 Å². The highest BCUT2D eigenvalue weighted by atomic mass is 16.2. The normalized spacial score (nSPS) is 16.0. The molecule has 8 nitrogen and oxygen atoms in total. The Bertz CT molecular complexity index is 1060. The summed E-state index contributed by atoms with van der Waals surface area (Å²) in [5, 5.41) is 2.84. The average Bonchev–Trinajstić information content (AvgIpc) is 3.64. The van der Waals surface area contributed by atoms with E-state index >= 15 is 0 Å². The minimum atomic E-state index is -0.261. The highest BCUT2D eigenvalue weighted by Gasteiger charge is 2.35. The van der Waals surface area contributed by atoms with Gasteiger partial charge in [-0.05, 0) is 56.4 Å². The number of pyridine rings is 2. The lowest BCUT2D eigenvalue weighted by Crippen LogP contribution is -2.43. The maximum absolute atomic E-state index is 13.0. The molecule has 1 fully saturated rings. The molecule has 0 atom stereocenters. The highest BCUT2D eigenvalue weighted by molar-refractivity contribution is 6.00. The molecule has 32 heavy (non-hydrogen) atoms. The van der Waals surface area contributed by atoms with Gasteiger partial charge in [-0.3, -0.25) is 24.4 Å².